The highest BCUT2D eigenvalue weighted by Gasteiger charge is 2.28. The summed E-state index contributed by atoms with van der Waals surface area (Å²) < 4.78 is 39.6. The largest absolute Gasteiger partial charge is 0.472 e. The predicted molar refractivity (Wildman–Crippen MR) is 307 cm³/mol. The van der Waals surface area contributed by atoms with Crippen molar-refractivity contribution in [3.05, 3.63) is 48.6 Å². The van der Waals surface area contributed by atoms with E-state index in [1.165, 1.54) is 122 Å². The van der Waals surface area contributed by atoms with Crippen LogP contribution >= 0.6 is 7.82 Å². The molecule has 0 aliphatic carbocycles. The lowest BCUT2D eigenvalue weighted by molar-refractivity contribution is -0.161. The summed E-state index contributed by atoms with van der Waals surface area (Å²) in [5, 5.41) is 9.81. The lowest BCUT2D eigenvalue weighted by Crippen LogP contribution is -2.30. The zero-order valence-corrected chi connectivity index (χ0v) is 48.7. The first kappa shape index (κ1) is 71.4. The van der Waals surface area contributed by atoms with E-state index in [-0.39, 0.29) is 25.9 Å². The minimum atomic E-state index is -4.75. The van der Waals surface area contributed by atoms with E-state index in [1.54, 1.807) is 0 Å². The number of aliphatic hydroxyl groups excluding tert-OH is 1. The van der Waals surface area contributed by atoms with Gasteiger partial charge in [-0.05, 0) is 103 Å². The summed E-state index contributed by atoms with van der Waals surface area (Å²) in [6, 6.07) is 0. The Kier molecular flexibility index (Phi) is 54.7. The molecule has 11 nitrogen and oxygen atoms in total. The molecule has 432 valence electrons. The molecule has 0 bridgehead atoms. The third-order valence-electron chi connectivity index (χ3n) is 13.2. The first-order valence-corrected chi connectivity index (χ1v) is 32.0. The summed E-state index contributed by atoms with van der Waals surface area (Å²) in [4.78, 5) is 48.6. The highest BCUT2D eigenvalue weighted by molar-refractivity contribution is 7.47. The lowest BCUT2D eigenvalue weighted by Gasteiger charge is -2.21. The summed E-state index contributed by atoms with van der Waals surface area (Å²) >= 11 is 0. The van der Waals surface area contributed by atoms with Gasteiger partial charge in [-0.2, -0.15) is 0 Å². The van der Waals surface area contributed by atoms with Crippen LogP contribution in [0.1, 0.15) is 290 Å². The van der Waals surface area contributed by atoms with Crippen molar-refractivity contribution in [2.24, 2.45) is 0 Å². The molecule has 0 heterocycles. The number of aliphatic hydroxyl groups is 1. The third kappa shape index (κ3) is 54.2. The van der Waals surface area contributed by atoms with Crippen LogP contribution in [0.2, 0.25) is 0 Å². The van der Waals surface area contributed by atoms with Gasteiger partial charge in [0.05, 0.1) is 19.8 Å². The van der Waals surface area contributed by atoms with Crippen molar-refractivity contribution < 1.29 is 52.2 Å². The van der Waals surface area contributed by atoms with Crippen LogP contribution in [0.25, 0.3) is 0 Å². The average molecular weight is 1070 g/mol. The molecule has 0 aromatic rings. The van der Waals surface area contributed by atoms with E-state index in [1.807, 2.05) is 0 Å². The minimum Gasteiger partial charge on any atom is -0.462 e. The molecule has 0 aliphatic heterocycles. The average Bonchev–Trinajstić information content (AvgIpc) is 3.39. The molecule has 3 unspecified atom stereocenters. The van der Waals surface area contributed by atoms with E-state index in [0.717, 1.165) is 109 Å². The Labute approximate surface area is 453 Å². The van der Waals surface area contributed by atoms with E-state index >= 15 is 0 Å². The van der Waals surface area contributed by atoms with Crippen LogP contribution in [-0.4, -0.2) is 66.5 Å². The fourth-order valence-electron chi connectivity index (χ4n) is 8.49. The zero-order chi connectivity index (χ0) is 54.1. The number of carbonyl (C=O) groups excluding carboxylic acids is 3. The molecule has 0 amide bonds. The Morgan fingerprint density at radius 1 is 0.378 bits per heavy atom. The summed E-state index contributed by atoms with van der Waals surface area (Å²) in [6.45, 7) is 4.61. The Morgan fingerprint density at radius 3 is 1.05 bits per heavy atom. The fourth-order valence-corrected chi connectivity index (χ4v) is 9.28. The fraction of sp³-hybridized carbons (Fsp3) is 0.823. The van der Waals surface area contributed by atoms with Gasteiger partial charge in [-0.25, -0.2) is 4.57 Å². The zero-order valence-electron chi connectivity index (χ0n) is 47.8. The highest BCUT2D eigenvalue weighted by atomic mass is 31.2. The van der Waals surface area contributed by atoms with Crippen LogP contribution in [0.15, 0.2) is 48.6 Å². The Bertz CT molecular complexity index is 1430. The molecule has 0 spiro atoms. The number of allylic oxidation sites excluding steroid dienone is 8. The van der Waals surface area contributed by atoms with Gasteiger partial charge in [0.15, 0.2) is 6.10 Å². The summed E-state index contributed by atoms with van der Waals surface area (Å²) in [7, 11) is -4.75. The second-order valence-corrected chi connectivity index (χ2v) is 22.0. The van der Waals surface area contributed by atoms with Crippen molar-refractivity contribution in [2.45, 2.75) is 303 Å². The number of carbonyl (C=O) groups is 3. The van der Waals surface area contributed by atoms with E-state index in [4.69, 9.17) is 23.3 Å². The quantitative estimate of drug-likeness (QED) is 0.0197. The third-order valence-corrected chi connectivity index (χ3v) is 14.1. The molecule has 12 heteroatoms. The second-order valence-electron chi connectivity index (χ2n) is 20.5. The van der Waals surface area contributed by atoms with Crippen LogP contribution in [0, 0.1) is 0 Å². The van der Waals surface area contributed by atoms with Gasteiger partial charge >= 0.3 is 25.7 Å². The van der Waals surface area contributed by atoms with Crippen molar-refractivity contribution in [3.63, 3.8) is 0 Å². The molecule has 2 N–H and O–H groups in total. The maximum absolute atomic E-state index is 12.9. The maximum Gasteiger partial charge on any atom is 0.472 e. The number of phosphoric acid groups is 1. The topological polar surface area (TPSA) is 155 Å². The van der Waals surface area contributed by atoms with Crippen molar-refractivity contribution in [3.8, 4) is 0 Å². The Balaban J connectivity index is 4.70. The molecule has 0 aromatic heterocycles. The van der Waals surface area contributed by atoms with Crippen LogP contribution in [0.3, 0.4) is 0 Å². The van der Waals surface area contributed by atoms with E-state index in [2.05, 4.69) is 69.4 Å². The molecule has 0 fully saturated rings. The van der Waals surface area contributed by atoms with Crippen molar-refractivity contribution in [2.75, 3.05) is 26.4 Å². The predicted octanol–water partition coefficient (Wildman–Crippen LogP) is 18.1. The van der Waals surface area contributed by atoms with Crippen molar-refractivity contribution in [1.29, 1.82) is 0 Å². The standard InChI is InChI=1S/C62H113O11P/c1-4-7-10-13-16-19-22-25-27-28-29-30-32-34-36-39-42-45-48-51-60(64)69-55-59(73-62(66)53-50-47-44-41-38-35-31-26-23-20-17-14-11-8-5-2)57-71-74(67,68)70-56-58(54-63)72-61(65)52-49-46-43-40-37-33-24-21-18-15-12-9-6-3/h16,19,21,24-27,31,58-59,63H,4-15,17-18,20,22-23,28-30,32-57H2,1-3H3,(H,67,68)/b19-16-,24-21-,27-25-,31-26-. The number of esters is 3. The number of rotatable bonds is 57. The number of phosphoric ester groups is 1. The number of hydrogen-bond acceptors (Lipinski definition) is 10. The van der Waals surface area contributed by atoms with Crippen molar-refractivity contribution >= 4 is 25.7 Å². The van der Waals surface area contributed by atoms with Gasteiger partial charge in [0.25, 0.3) is 0 Å². The van der Waals surface area contributed by atoms with Gasteiger partial charge in [-0.3, -0.25) is 23.4 Å². The van der Waals surface area contributed by atoms with Crippen molar-refractivity contribution in [1.82, 2.24) is 0 Å². The van der Waals surface area contributed by atoms with Crippen LogP contribution < -0.4 is 0 Å². The van der Waals surface area contributed by atoms with Gasteiger partial charge in [0.1, 0.15) is 12.7 Å². The second kappa shape index (κ2) is 56.6. The smallest absolute Gasteiger partial charge is 0.462 e. The molecule has 0 aliphatic rings. The Morgan fingerprint density at radius 2 is 0.662 bits per heavy atom. The normalized spacial score (nSPS) is 13.6. The van der Waals surface area contributed by atoms with Gasteiger partial charge in [0, 0.05) is 19.3 Å². The van der Waals surface area contributed by atoms with E-state index in [0.29, 0.717) is 19.3 Å². The lowest BCUT2D eigenvalue weighted by atomic mass is 10.1. The van der Waals surface area contributed by atoms with E-state index in [9.17, 15) is 28.9 Å². The van der Waals surface area contributed by atoms with Gasteiger partial charge in [0.2, 0.25) is 0 Å². The van der Waals surface area contributed by atoms with Gasteiger partial charge in [-0.15, -0.1) is 0 Å². The molecule has 0 rings (SSSR count). The molecule has 0 aromatic carbocycles. The van der Waals surface area contributed by atoms with E-state index < -0.39 is 57.8 Å². The minimum absolute atomic E-state index is 0.158. The molecule has 0 saturated carbocycles. The van der Waals surface area contributed by atoms with Crippen LogP contribution in [0.5, 0.6) is 0 Å². The maximum atomic E-state index is 12.9. The molecule has 3 atom stereocenters. The molecular formula is C62H113O11P. The van der Waals surface area contributed by atoms with Gasteiger partial charge < -0.3 is 24.2 Å². The SMILES string of the molecule is CCCCC/C=C\C/C=C\CCCCCCCCCCCC(=O)OCC(COP(=O)(O)OCC(CO)OC(=O)CCCCCCC/C=C\CCCCCC)OC(=O)CCCCCCC/C=C\CCCCCCCC. The first-order chi connectivity index (χ1) is 36.2. The number of ether oxygens (including phenoxy) is 3. The molecule has 74 heavy (non-hydrogen) atoms. The van der Waals surface area contributed by atoms with Crippen LogP contribution in [-0.2, 0) is 42.2 Å². The van der Waals surface area contributed by atoms with Crippen LogP contribution in [0.4, 0.5) is 0 Å². The molecule has 0 saturated heterocycles. The summed E-state index contributed by atoms with van der Waals surface area (Å²) in [5.74, 6) is -1.47. The number of hydrogen-bond donors (Lipinski definition) is 2. The monoisotopic (exact) mass is 1060 g/mol. The first-order valence-electron chi connectivity index (χ1n) is 30.5. The summed E-state index contributed by atoms with van der Waals surface area (Å²) in [5.41, 5.74) is 0. The Hall–Kier alpha value is -2.56. The molecular weight excluding hydrogens is 952 g/mol. The summed E-state index contributed by atoms with van der Waals surface area (Å²) in [6.07, 6.45) is 60.6. The number of unbranched alkanes of at least 4 members (excludes halogenated alkanes) is 32. The molecule has 0 radical (unpaired) electrons. The highest BCUT2D eigenvalue weighted by Crippen LogP contribution is 2.43. The van der Waals surface area contributed by atoms with Gasteiger partial charge in [-0.1, -0.05) is 217 Å².